The van der Waals surface area contributed by atoms with E-state index in [0.29, 0.717) is 22.7 Å². The van der Waals surface area contributed by atoms with Crippen molar-refractivity contribution in [3.05, 3.63) is 101 Å². The highest BCUT2D eigenvalue weighted by Crippen LogP contribution is 2.29. The number of imidazole rings is 1. The van der Waals surface area contributed by atoms with Gasteiger partial charge in [0.1, 0.15) is 28.8 Å². The Morgan fingerprint density at radius 2 is 1.72 bits per heavy atom. The molecule has 0 aliphatic heterocycles. The van der Waals surface area contributed by atoms with Crippen LogP contribution in [0.15, 0.2) is 66.7 Å². The number of aliphatic hydroxyl groups is 2. The minimum absolute atomic E-state index is 0.0307. The summed E-state index contributed by atoms with van der Waals surface area (Å²) >= 11 is 0. The number of halogens is 2. The van der Waals surface area contributed by atoms with E-state index in [1.165, 1.54) is 12.1 Å². The second-order valence-electron chi connectivity index (χ2n) is 7.19. The summed E-state index contributed by atoms with van der Waals surface area (Å²) in [5, 5.41) is 21.0. The maximum absolute atomic E-state index is 13.8. The first-order chi connectivity index (χ1) is 15.4. The van der Waals surface area contributed by atoms with E-state index in [1.807, 2.05) is 0 Å². The fraction of sp³-hybridized carbons (Fsp3) is 0.0833. The van der Waals surface area contributed by atoms with Crippen LogP contribution < -0.4 is 5.73 Å². The zero-order chi connectivity index (χ0) is 22.8. The summed E-state index contributed by atoms with van der Waals surface area (Å²) in [4.78, 5) is 20.8. The van der Waals surface area contributed by atoms with Gasteiger partial charge in [-0.2, -0.15) is 0 Å². The third kappa shape index (κ3) is 4.14. The van der Waals surface area contributed by atoms with Crippen LogP contribution in [0.25, 0.3) is 22.4 Å². The second-order valence-corrected chi connectivity index (χ2v) is 7.19. The molecule has 1 unspecified atom stereocenters. The molecule has 0 bridgehead atoms. The van der Waals surface area contributed by atoms with E-state index < -0.39 is 29.3 Å². The van der Waals surface area contributed by atoms with Crippen molar-refractivity contribution >= 4 is 28.1 Å². The fourth-order valence-corrected chi connectivity index (χ4v) is 3.40. The van der Waals surface area contributed by atoms with Crippen LogP contribution in [0.2, 0.25) is 0 Å². The molecule has 0 amide bonds. The van der Waals surface area contributed by atoms with Gasteiger partial charge in [0.25, 0.3) is 0 Å². The molecule has 0 aliphatic carbocycles. The number of H-pyrrole nitrogens is 1. The summed E-state index contributed by atoms with van der Waals surface area (Å²) in [5.41, 5.74) is 6.71. The van der Waals surface area contributed by atoms with Crippen molar-refractivity contribution in [3.8, 4) is 0 Å². The van der Waals surface area contributed by atoms with Gasteiger partial charge in [-0.05, 0) is 35.9 Å². The Balaban J connectivity index is 1.92. The van der Waals surface area contributed by atoms with Crippen LogP contribution in [0.5, 0.6) is 0 Å². The highest BCUT2D eigenvalue weighted by Gasteiger charge is 2.25. The number of nitrogens with one attached hydrogen (secondary N) is 1. The van der Waals surface area contributed by atoms with Crippen LogP contribution in [-0.2, 0) is 0 Å². The molecule has 8 heteroatoms. The molecule has 0 fully saturated rings. The first-order valence-corrected chi connectivity index (χ1v) is 9.75. The van der Waals surface area contributed by atoms with Gasteiger partial charge in [-0.25, -0.2) is 13.8 Å². The van der Waals surface area contributed by atoms with Crippen molar-refractivity contribution in [2.24, 2.45) is 5.73 Å². The molecule has 5 N–H and O–H groups in total. The predicted molar refractivity (Wildman–Crippen MR) is 117 cm³/mol. The molecule has 0 aliphatic rings. The van der Waals surface area contributed by atoms with Crippen LogP contribution >= 0.6 is 0 Å². The number of allylic oxidation sites excluding steroid dienone is 1. The van der Waals surface area contributed by atoms with Gasteiger partial charge in [-0.15, -0.1) is 0 Å². The number of carbonyl (C=O) groups excluding carboxylic acids is 1. The molecule has 1 heterocycles. The number of carbonyl (C=O) groups is 1. The molecule has 0 saturated carbocycles. The van der Waals surface area contributed by atoms with Crippen molar-refractivity contribution in [3.63, 3.8) is 0 Å². The Morgan fingerprint density at radius 3 is 2.41 bits per heavy atom. The lowest BCUT2D eigenvalue weighted by Gasteiger charge is -2.12. The highest BCUT2D eigenvalue weighted by atomic mass is 19.1. The van der Waals surface area contributed by atoms with Crippen molar-refractivity contribution in [1.29, 1.82) is 0 Å². The van der Waals surface area contributed by atoms with E-state index in [2.05, 4.69) is 9.97 Å². The first-order valence-electron chi connectivity index (χ1n) is 9.75. The topological polar surface area (TPSA) is 112 Å². The van der Waals surface area contributed by atoms with Crippen LogP contribution in [0, 0.1) is 11.6 Å². The smallest absolute Gasteiger partial charge is 0.200 e. The van der Waals surface area contributed by atoms with Crippen molar-refractivity contribution < 1.29 is 23.8 Å². The summed E-state index contributed by atoms with van der Waals surface area (Å²) in [6.45, 7) is -0.0439. The average molecular weight is 435 g/mol. The molecule has 4 aromatic rings. The van der Waals surface area contributed by atoms with E-state index in [1.54, 1.807) is 36.4 Å². The molecular weight excluding hydrogens is 416 g/mol. The quantitative estimate of drug-likeness (QED) is 0.207. The SMILES string of the molecule is NCC(O)c1cccc(C(=O)C(=C(O)c2cc(F)cc(F)c2)c2nc3ccccc3[nH]2)c1. The number of rotatable bonds is 6. The number of para-hydroxylation sites is 2. The van der Waals surface area contributed by atoms with Crippen LogP contribution in [0.1, 0.15) is 33.4 Å². The van der Waals surface area contributed by atoms with Gasteiger partial charge in [-0.3, -0.25) is 4.79 Å². The van der Waals surface area contributed by atoms with Crippen LogP contribution in [-0.4, -0.2) is 32.5 Å². The van der Waals surface area contributed by atoms with Gasteiger partial charge < -0.3 is 20.9 Å². The normalized spacial score (nSPS) is 13.1. The van der Waals surface area contributed by atoms with E-state index in [0.717, 1.165) is 12.1 Å². The molecule has 0 spiro atoms. The molecule has 1 atom stereocenters. The molecule has 1 aromatic heterocycles. The van der Waals surface area contributed by atoms with Gasteiger partial charge in [0, 0.05) is 23.7 Å². The van der Waals surface area contributed by atoms with E-state index >= 15 is 0 Å². The molecule has 0 saturated heterocycles. The van der Waals surface area contributed by atoms with Crippen molar-refractivity contribution in [2.45, 2.75) is 6.10 Å². The van der Waals surface area contributed by atoms with E-state index in [4.69, 9.17) is 5.73 Å². The highest BCUT2D eigenvalue weighted by molar-refractivity contribution is 6.33. The third-order valence-corrected chi connectivity index (χ3v) is 4.98. The van der Waals surface area contributed by atoms with Gasteiger partial charge in [0.2, 0.25) is 5.78 Å². The lowest BCUT2D eigenvalue weighted by molar-refractivity contribution is 0.105. The van der Waals surface area contributed by atoms with E-state index in [-0.39, 0.29) is 29.1 Å². The molecule has 162 valence electrons. The predicted octanol–water partition coefficient (Wildman–Crippen LogP) is 4.14. The van der Waals surface area contributed by atoms with Gasteiger partial charge in [0.05, 0.1) is 17.1 Å². The Labute approximate surface area is 181 Å². The molecule has 4 rings (SSSR count). The number of aromatic amines is 1. The minimum atomic E-state index is -0.979. The van der Waals surface area contributed by atoms with Gasteiger partial charge in [-0.1, -0.05) is 30.3 Å². The summed E-state index contributed by atoms with van der Waals surface area (Å²) in [5.74, 6) is -3.08. The molecule has 0 radical (unpaired) electrons. The number of nitrogens with two attached hydrogens (primary N) is 1. The standard InChI is InChI=1S/C24H19F2N3O3/c25-16-9-15(10-17(26)11-16)23(32)21(24-28-18-6-1-2-7-19(18)29-24)22(31)14-5-3-4-13(8-14)20(30)12-27/h1-11,20,30,32H,12,27H2,(H,28,29). The second kappa shape index (κ2) is 8.70. The Kier molecular flexibility index (Phi) is 5.81. The number of hydrogen-bond acceptors (Lipinski definition) is 5. The zero-order valence-electron chi connectivity index (χ0n) is 16.7. The van der Waals surface area contributed by atoms with Crippen molar-refractivity contribution in [1.82, 2.24) is 9.97 Å². The number of nitrogens with zero attached hydrogens (tertiary/aromatic N) is 1. The van der Waals surface area contributed by atoms with Crippen LogP contribution in [0.4, 0.5) is 8.78 Å². The first kappa shape index (κ1) is 21.4. The third-order valence-electron chi connectivity index (χ3n) is 4.98. The number of aromatic nitrogens is 2. The number of aliphatic hydroxyl groups excluding tert-OH is 2. The summed E-state index contributed by atoms with van der Waals surface area (Å²) in [6.07, 6.45) is -0.979. The maximum Gasteiger partial charge on any atom is 0.200 e. The summed E-state index contributed by atoms with van der Waals surface area (Å²) < 4.78 is 27.6. The minimum Gasteiger partial charge on any atom is -0.506 e. The Morgan fingerprint density at radius 1 is 1.00 bits per heavy atom. The number of fused-ring (bicyclic) bond motifs is 1. The Bertz CT molecular complexity index is 1290. The number of ketones is 1. The summed E-state index contributed by atoms with van der Waals surface area (Å²) in [6, 6.07) is 15.6. The number of hydrogen-bond donors (Lipinski definition) is 4. The average Bonchev–Trinajstić information content (AvgIpc) is 3.21. The fourth-order valence-electron chi connectivity index (χ4n) is 3.40. The van der Waals surface area contributed by atoms with Gasteiger partial charge >= 0.3 is 0 Å². The van der Waals surface area contributed by atoms with Crippen LogP contribution in [0.3, 0.4) is 0 Å². The zero-order valence-corrected chi connectivity index (χ0v) is 16.7. The molecule has 3 aromatic carbocycles. The lowest BCUT2D eigenvalue weighted by atomic mass is 9.96. The van der Waals surface area contributed by atoms with E-state index in [9.17, 15) is 23.8 Å². The molecular formula is C24H19F2N3O3. The molecule has 32 heavy (non-hydrogen) atoms. The maximum atomic E-state index is 13.8. The van der Waals surface area contributed by atoms with Crippen molar-refractivity contribution in [2.75, 3.05) is 6.54 Å². The summed E-state index contributed by atoms with van der Waals surface area (Å²) in [7, 11) is 0. The lowest BCUT2D eigenvalue weighted by Crippen LogP contribution is -2.13. The number of Topliss-reactive ketones (excluding diaryl/α,β-unsaturated/α-hetero) is 1. The largest absolute Gasteiger partial charge is 0.506 e. The molecule has 6 nitrogen and oxygen atoms in total. The monoisotopic (exact) mass is 435 g/mol. The number of benzene rings is 3. The van der Waals surface area contributed by atoms with Gasteiger partial charge in [0.15, 0.2) is 0 Å². The Hall–Kier alpha value is -3.88.